The normalized spacial score (nSPS) is 12.1. The van der Waals surface area contributed by atoms with Gasteiger partial charge in [0.2, 0.25) is 0 Å². The highest BCUT2D eigenvalue weighted by Crippen LogP contribution is 2.23. The Morgan fingerprint density at radius 3 is 2.10 bits per heavy atom. The van der Waals surface area contributed by atoms with Crippen LogP contribution in [0.5, 0.6) is 0 Å². The summed E-state index contributed by atoms with van der Waals surface area (Å²) in [7, 11) is 0. The van der Waals surface area contributed by atoms with Gasteiger partial charge in [-0.15, -0.1) is 11.3 Å². The van der Waals surface area contributed by atoms with Crippen molar-refractivity contribution >= 4 is 23.3 Å². The molecule has 0 amide bonds. The molecule has 0 bridgehead atoms. The molecule has 0 saturated heterocycles. The van der Waals surface area contributed by atoms with Crippen LogP contribution >= 0.6 is 11.3 Å². The van der Waals surface area contributed by atoms with E-state index in [2.05, 4.69) is 18.8 Å². The van der Waals surface area contributed by atoms with E-state index >= 15 is 0 Å². The summed E-state index contributed by atoms with van der Waals surface area (Å²) >= 11 is 1.44. The summed E-state index contributed by atoms with van der Waals surface area (Å²) in [6, 6.07) is 1.23. The maximum Gasteiger partial charge on any atom is 0.303 e. The van der Waals surface area contributed by atoms with Gasteiger partial charge in [0.05, 0.1) is 25.5 Å². The molecule has 0 aliphatic carbocycles. The van der Waals surface area contributed by atoms with Crippen molar-refractivity contribution in [2.24, 2.45) is 5.73 Å². The van der Waals surface area contributed by atoms with E-state index in [4.69, 9.17) is 21.1 Å². The van der Waals surface area contributed by atoms with E-state index in [9.17, 15) is 14.7 Å². The van der Waals surface area contributed by atoms with Crippen molar-refractivity contribution < 1.29 is 30.0 Å². The van der Waals surface area contributed by atoms with E-state index in [1.807, 2.05) is 11.4 Å². The number of aliphatic hydroxyl groups is 2. The smallest absolute Gasteiger partial charge is 0.303 e. The van der Waals surface area contributed by atoms with Gasteiger partial charge in [-0.3, -0.25) is 9.59 Å². The number of rotatable bonds is 14. The molecule has 0 fully saturated rings. The summed E-state index contributed by atoms with van der Waals surface area (Å²) in [5.74, 6) is 4.19. The van der Waals surface area contributed by atoms with Gasteiger partial charge in [-0.25, -0.2) is 0 Å². The number of hydrogen-bond acceptors (Lipinski definition) is 6. The highest BCUT2D eigenvalue weighted by Gasteiger charge is 2.17. The second-order valence-corrected chi connectivity index (χ2v) is 8.29. The Bertz CT molecular complexity index is 665. The Labute approximate surface area is 189 Å². The number of carboxylic acids is 2. The van der Waals surface area contributed by atoms with Gasteiger partial charge in [-0.1, -0.05) is 63.7 Å². The number of thiophene rings is 1. The molecule has 1 rings (SSSR count). The number of aliphatic hydroxyl groups excluding tert-OH is 2. The maximum absolute atomic E-state index is 9.93. The zero-order valence-electron chi connectivity index (χ0n) is 18.4. The van der Waals surface area contributed by atoms with Crippen LogP contribution in [0.25, 0.3) is 0 Å². The van der Waals surface area contributed by atoms with Gasteiger partial charge in [0.25, 0.3) is 0 Å². The molecular formula is C23H37NO6S. The lowest BCUT2D eigenvalue weighted by Crippen LogP contribution is -2.31. The zero-order valence-corrected chi connectivity index (χ0v) is 19.2. The monoisotopic (exact) mass is 455 g/mol. The highest BCUT2D eigenvalue weighted by molar-refractivity contribution is 7.10. The molecule has 1 aromatic heterocycles. The molecule has 176 valence electrons. The quantitative estimate of drug-likeness (QED) is 0.211. The first-order valence-corrected chi connectivity index (χ1v) is 11.7. The van der Waals surface area contributed by atoms with Gasteiger partial charge < -0.3 is 26.2 Å². The van der Waals surface area contributed by atoms with Crippen LogP contribution in [0.15, 0.2) is 11.4 Å². The standard InChI is InChI=1S/C19H31NO2S.C4H6O4/c1-2-3-4-5-6-7-8-9-10-11-12-16-13-18(23-15-16)19(22)17(20)14-21;5-3(6)1-2-4(7)8/h13,15,17,19,21-22H,2-10,14,20H2,1H3;1-2H2,(H,5,6)(H,7,8)/t17-,19-;/m0./s1. The fourth-order valence-corrected chi connectivity index (χ4v) is 3.51. The van der Waals surface area contributed by atoms with Crippen LogP contribution in [-0.4, -0.2) is 45.0 Å². The Morgan fingerprint density at radius 2 is 1.58 bits per heavy atom. The second-order valence-electron chi connectivity index (χ2n) is 7.34. The van der Waals surface area contributed by atoms with E-state index in [-0.39, 0.29) is 19.4 Å². The van der Waals surface area contributed by atoms with Crippen LogP contribution in [0, 0.1) is 11.8 Å². The summed E-state index contributed by atoms with van der Waals surface area (Å²) in [5.41, 5.74) is 6.56. The van der Waals surface area contributed by atoms with Gasteiger partial charge in [0.1, 0.15) is 6.10 Å². The Kier molecular flexibility index (Phi) is 17.7. The fourth-order valence-electron chi connectivity index (χ4n) is 2.61. The van der Waals surface area contributed by atoms with Crippen LogP contribution in [-0.2, 0) is 9.59 Å². The molecule has 0 radical (unpaired) electrons. The van der Waals surface area contributed by atoms with Crippen molar-refractivity contribution in [3.8, 4) is 11.8 Å². The average Bonchev–Trinajstić information content (AvgIpc) is 3.21. The lowest BCUT2D eigenvalue weighted by molar-refractivity contribution is -0.143. The van der Waals surface area contributed by atoms with Crippen LogP contribution < -0.4 is 5.73 Å². The Morgan fingerprint density at radius 1 is 1.03 bits per heavy atom. The van der Waals surface area contributed by atoms with Crippen molar-refractivity contribution in [2.45, 2.75) is 89.7 Å². The molecule has 2 atom stereocenters. The van der Waals surface area contributed by atoms with E-state index in [0.29, 0.717) is 0 Å². The molecule has 6 N–H and O–H groups in total. The number of carbonyl (C=O) groups is 2. The lowest BCUT2D eigenvalue weighted by atomic mass is 10.1. The minimum absolute atomic E-state index is 0.224. The number of hydrogen-bond donors (Lipinski definition) is 5. The van der Waals surface area contributed by atoms with Crippen molar-refractivity contribution in [3.63, 3.8) is 0 Å². The third-order valence-electron chi connectivity index (χ3n) is 4.47. The van der Waals surface area contributed by atoms with Crippen LogP contribution in [0.2, 0.25) is 0 Å². The summed E-state index contributed by atoms with van der Waals surface area (Å²) < 4.78 is 0. The predicted molar refractivity (Wildman–Crippen MR) is 123 cm³/mol. The molecule has 0 aromatic carbocycles. The van der Waals surface area contributed by atoms with E-state index in [0.717, 1.165) is 23.3 Å². The van der Waals surface area contributed by atoms with Crippen LogP contribution in [0.1, 0.15) is 94.1 Å². The van der Waals surface area contributed by atoms with Crippen molar-refractivity contribution in [1.29, 1.82) is 0 Å². The average molecular weight is 456 g/mol. The summed E-state index contributed by atoms with van der Waals surface area (Å²) in [5, 5.41) is 36.6. The second kappa shape index (κ2) is 18.8. The number of nitrogens with two attached hydrogens (primary N) is 1. The fraction of sp³-hybridized carbons (Fsp3) is 0.652. The number of carboxylic acid groups (broad SMARTS) is 2. The Balaban J connectivity index is 0.000000954. The van der Waals surface area contributed by atoms with Crippen molar-refractivity contribution in [1.82, 2.24) is 0 Å². The molecule has 0 spiro atoms. The molecule has 0 aliphatic rings. The largest absolute Gasteiger partial charge is 0.481 e. The summed E-state index contributed by atoms with van der Waals surface area (Å²) in [6.07, 6.45) is 10.0. The van der Waals surface area contributed by atoms with Crippen LogP contribution in [0.3, 0.4) is 0 Å². The third kappa shape index (κ3) is 16.4. The minimum atomic E-state index is -1.08. The Hall–Kier alpha value is -1.92. The summed E-state index contributed by atoms with van der Waals surface area (Å²) in [4.78, 5) is 20.0. The number of unbranched alkanes of at least 4 members (excludes halogenated alkanes) is 8. The van der Waals surface area contributed by atoms with E-state index < -0.39 is 24.1 Å². The molecular weight excluding hydrogens is 418 g/mol. The SMILES string of the molecule is CCCCCCCCCCC#Cc1csc([C@@H](O)[C@@H](N)CO)c1.O=C(O)CCC(=O)O. The third-order valence-corrected chi connectivity index (χ3v) is 5.47. The van der Waals surface area contributed by atoms with Crippen molar-refractivity contribution in [2.75, 3.05) is 6.61 Å². The van der Waals surface area contributed by atoms with Gasteiger partial charge in [-0.2, -0.15) is 0 Å². The molecule has 1 heterocycles. The molecule has 0 saturated carbocycles. The predicted octanol–water partition coefficient (Wildman–Crippen LogP) is 3.92. The molecule has 0 aliphatic heterocycles. The number of aliphatic carboxylic acids is 2. The van der Waals surface area contributed by atoms with Gasteiger partial charge in [0.15, 0.2) is 0 Å². The topological polar surface area (TPSA) is 141 Å². The van der Waals surface area contributed by atoms with Gasteiger partial charge in [0, 0.05) is 22.2 Å². The van der Waals surface area contributed by atoms with Crippen LogP contribution in [0.4, 0.5) is 0 Å². The van der Waals surface area contributed by atoms with Gasteiger partial charge in [-0.05, 0) is 12.5 Å². The van der Waals surface area contributed by atoms with E-state index in [1.54, 1.807) is 0 Å². The molecule has 8 heteroatoms. The van der Waals surface area contributed by atoms with E-state index in [1.165, 1.54) is 56.3 Å². The first kappa shape index (κ1) is 29.1. The zero-order chi connectivity index (χ0) is 23.5. The molecule has 1 aromatic rings. The maximum atomic E-state index is 9.93. The first-order chi connectivity index (χ1) is 14.8. The molecule has 7 nitrogen and oxygen atoms in total. The summed E-state index contributed by atoms with van der Waals surface area (Å²) in [6.45, 7) is 2.02. The molecule has 0 unspecified atom stereocenters. The first-order valence-electron chi connectivity index (χ1n) is 10.9. The molecule has 31 heavy (non-hydrogen) atoms. The van der Waals surface area contributed by atoms with Gasteiger partial charge >= 0.3 is 11.9 Å². The lowest BCUT2D eigenvalue weighted by Gasteiger charge is -2.14. The highest BCUT2D eigenvalue weighted by atomic mass is 32.1. The minimum Gasteiger partial charge on any atom is -0.481 e. The van der Waals surface area contributed by atoms with Crippen molar-refractivity contribution in [3.05, 3.63) is 21.9 Å².